The van der Waals surface area contributed by atoms with E-state index in [1.807, 2.05) is 0 Å². The highest BCUT2D eigenvalue weighted by molar-refractivity contribution is 7.71. The van der Waals surface area contributed by atoms with Gasteiger partial charge in [-0.1, -0.05) is 79.7 Å². The molecule has 0 bridgehead atoms. The van der Waals surface area contributed by atoms with Crippen LogP contribution in [0.25, 0.3) is 12.2 Å². The smallest absolute Gasteiger partial charge is 0.449 e. The standard InChI is InChI=1S/C29H26N2O5S/c1-3-4-18-6-11-23-20(14-18)8-7-19-13-17(2)5-10-22(19)26(23)24-16-31(28(32)30-27(24)37)15-21-9-12-25(35-21)36-29(33)34/h5-14,16,26H,3-4,15H2,1-2H3,(H,33,34)(H,30,32,37). The highest BCUT2D eigenvalue weighted by Gasteiger charge is 2.26. The lowest BCUT2D eigenvalue weighted by molar-refractivity contribution is 0.132. The van der Waals surface area contributed by atoms with E-state index in [2.05, 4.69) is 72.1 Å². The molecular formula is C29H26N2O5S. The fourth-order valence-electron chi connectivity index (χ4n) is 4.86. The van der Waals surface area contributed by atoms with Gasteiger partial charge in [-0.15, -0.1) is 0 Å². The maximum Gasteiger partial charge on any atom is 0.513 e. The molecule has 2 N–H and O–H groups in total. The van der Waals surface area contributed by atoms with Crippen LogP contribution < -0.4 is 10.4 Å². The maximum absolute atomic E-state index is 12.8. The van der Waals surface area contributed by atoms with Gasteiger partial charge in [-0.25, -0.2) is 9.59 Å². The molecule has 0 amide bonds. The number of aryl methyl sites for hydroxylation is 2. The van der Waals surface area contributed by atoms with Gasteiger partial charge in [-0.05, 0) is 47.2 Å². The second kappa shape index (κ2) is 10.1. The number of furan rings is 1. The Morgan fingerprint density at radius 3 is 2.54 bits per heavy atom. The van der Waals surface area contributed by atoms with Crippen LogP contribution >= 0.6 is 12.2 Å². The van der Waals surface area contributed by atoms with Gasteiger partial charge in [0, 0.05) is 23.7 Å². The lowest BCUT2D eigenvalue weighted by Crippen LogP contribution is -2.25. The summed E-state index contributed by atoms with van der Waals surface area (Å²) in [7, 11) is 0. The van der Waals surface area contributed by atoms with E-state index in [0.29, 0.717) is 10.4 Å². The summed E-state index contributed by atoms with van der Waals surface area (Å²) < 4.78 is 11.8. The average molecular weight is 515 g/mol. The highest BCUT2D eigenvalue weighted by Crippen LogP contribution is 2.40. The lowest BCUT2D eigenvalue weighted by atomic mass is 9.82. The molecule has 188 valence electrons. The van der Waals surface area contributed by atoms with Crippen molar-refractivity contribution in [2.24, 2.45) is 0 Å². The van der Waals surface area contributed by atoms with Gasteiger partial charge in [0.05, 0.1) is 6.54 Å². The fraction of sp³-hybridized carbons (Fsp3) is 0.207. The van der Waals surface area contributed by atoms with Crippen molar-refractivity contribution in [2.45, 2.75) is 39.2 Å². The van der Waals surface area contributed by atoms with Gasteiger partial charge in [0.2, 0.25) is 0 Å². The molecule has 1 atom stereocenters. The Labute approximate surface area is 218 Å². The van der Waals surface area contributed by atoms with E-state index in [1.165, 1.54) is 16.2 Å². The summed E-state index contributed by atoms with van der Waals surface area (Å²) in [4.78, 5) is 26.5. The molecule has 5 rings (SSSR count). The first-order chi connectivity index (χ1) is 17.8. The molecule has 0 saturated heterocycles. The van der Waals surface area contributed by atoms with Crippen molar-refractivity contribution in [3.8, 4) is 5.95 Å². The van der Waals surface area contributed by atoms with E-state index in [0.717, 1.165) is 46.2 Å². The number of carboxylic acid groups (broad SMARTS) is 1. The minimum atomic E-state index is -1.47. The van der Waals surface area contributed by atoms with Crippen molar-refractivity contribution < 1.29 is 19.1 Å². The number of nitrogens with zero attached hydrogens (tertiary/aromatic N) is 1. The Balaban J connectivity index is 1.64. The molecular weight excluding hydrogens is 488 g/mol. The first-order valence-electron chi connectivity index (χ1n) is 12.1. The van der Waals surface area contributed by atoms with Crippen LogP contribution in [-0.4, -0.2) is 20.8 Å². The molecule has 37 heavy (non-hydrogen) atoms. The molecule has 7 nitrogen and oxygen atoms in total. The number of H-pyrrole nitrogens is 1. The van der Waals surface area contributed by atoms with Crippen LogP contribution in [0.5, 0.6) is 5.95 Å². The number of hydrogen-bond acceptors (Lipinski definition) is 5. The van der Waals surface area contributed by atoms with Gasteiger partial charge in [0.25, 0.3) is 5.95 Å². The predicted octanol–water partition coefficient (Wildman–Crippen LogP) is 6.53. The van der Waals surface area contributed by atoms with Gasteiger partial charge < -0.3 is 14.3 Å². The zero-order chi connectivity index (χ0) is 26.1. The van der Waals surface area contributed by atoms with Crippen molar-refractivity contribution in [1.29, 1.82) is 0 Å². The van der Waals surface area contributed by atoms with Crippen LogP contribution in [0.4, 0.5) is 4.79 Å². The third-order valence-electron chi connectivity index (χ3n) is 6.50. The number of rotatable bonds is 6. The lowest BCUT2D eigenvalue weighted by Gasteiger charge is -2.22. The van der Waals surface area contributed by atoms with E-state index >= 15 is 0 Å². The van der Waals surface area contributed by atoms with Gasteiger partial charge in [-0.2, -0.15) is 0 Å². The zero-order valence-electron chi connectivity index (χ0n) is 20.5. The van der Waals surface area contributed by atoms with Gasteiger partial charge in [0.1, 0.15) is 10.4 Å². The van der Waals surface area contributed by atoms with Crippen LogP contribution in [0.2, 0.25) is 0 Å². The normalized spacial score (nSPS) is 14.1. The summed E-state index contributed by atoms with van der Waals surface area (Å²) in [6, 6.07) is 15.9. The minimum absolute atomic E-state index is 0.0783. The molecule has 4 aromatic rings. The largest absolute Gasteiger partial charge is 0.513 e. The first-order valence-corrected chi connectivity index (χ1v) is 12.5. The number of nitrogens with one attached hydrogen (secondary N) is 1. The fourth-order valence-corrected chi connectivity index (χ4v) is 5.12. The van der Waals surface area contributed by atoms with E-state index in [1.54, 1.807) is 12.3 Å². The molecule has 1 aliphatic carbocycles. The second-order valence-corrected chi connectivity index (χ2v) is 9.58. The molecule has 1 unspecified atom stereocenters. The van der Waals surface area contributed by atoms with Gasteiger partial charge in [0.15, 0.2) is 0 Å². The van der Waals surface area contributed by atoms with Crippen LogP contribution in [0.15, 0.2) is 63.9 Å². The Morgan fingerprint density at radius 1 is 1.08 bits per heavy atom. The summed E-state index contributed by atoms with van der Waals surface area (Å²) in [5.74, 6) is 0.0166. The molecule has 1 aliphatic rings. The number of ether oxygens (including phenoxy) is 1. The van der Waals surface area contributed by atoms with Crippen molar-refractivity contribution in [3.63, 3.8) is 0 Å². The molecule has 0 radical (unpaired) electrons. The average Bonchev–Trinajstić information content (AvgIpc) is 3.21. The van der Waals surface area contributed by atoms with Crippen molar-refractivity contribution in [1.82, 2.24) is 9.55 Å². The Bertz CT molecular complexity index is 1640. The highest BCUT2D eigenvalue weighted by atomic mass is 32.1. The van der Waals surface area contributed by atoms with E-state index in [-0.39, 0.29) is 24.1 Å². The molecule has 0 aliphatic heterocycles. The van der Waals surface area contributed by atoms with Crippen LogP contribution in [-0.2, 0) is 13.0 Å². The van der Waals surface area contributed by atoms with Gasteiger partial charge >= 0.3 is 11.8 Å². The molecule has 0 saturated carbocycles. The third-order valence-corrected chi connectivity index (χ3v) is 6.83. The molecule has 0 fully saturated rings. The Kier molecular flexibility index (Phi) is 6.67. The predicted molar refractivity (Wildman–Crippen MR) is 144 cm³/mol. The number of hydrogen-bond donors (Lipinski definition) is 2. The Hall–Kier alpha value is -4.17. The number of fused-ring (bicyclic) bond motifs is 2. The zero-order valence-corrected chi connectivity index (χ0v) is 21.3. The monoisotopic (exact) mass is 514 g/mol. The summed E-state index contributed by atoms with van der Waals surface area (Å²) in [5.41, 5.74) is 7.28. The topological polar surface area (TPSA) is 97.5 Å². The summed E-state index contributed by atoms with van der Waals surface area (Å²) in [5, 5.41) is 8.81. The van der Waals surface area contributed by atoms with E-state index in [4.69, 9.17) is 21.7 Å². The van der Waals surface area contributed by atoms with Crippen LogP contribution in [0, 0.1) is 11.6 Å². The summed E-state index contributed by atoms with van der Waals surface area (Å²) >= 11 is 5.69. The Morgan fingerprint density at radius 2 is 1.81 bits per heavy atom. The number of aromatic amines is 1. The number of carbonyl (C=O) groups is 1. The molecule has 2 aromatic carbocycles. The number of benzene rings is 2. The van der Waals surface area contributed by atoms with E-state index in [9.17, 15) is 9.59 Å². The molecule has 8 heteroatoms. The quantitative estimate of drug-likeness (QED) is 0.198. The van der Waals surface area contributed by atoms with Crippen molar-refractivity contribution in [2.75, 3.05) is 0 Å². The molecule has 2 aromatic heterocycles. The number of aromatic nitrogens is 2. The van der Waals surface area contributed by atoms with Crippen molar-refractivity contribution >= 4 is 30.5 Å². The minimum Gasteiger partial charge on any atom is -0.449 e. The SMILES string of the molecule is CCCc1ccc2c(c1)C=Cc1cc(C)ccc1C2c1cn(Cc2ccc(OC(=O)O)o2)c(=O)[nH]c1=S. The summed E-state index contributed by atoms with van der Waals surface area (Å²) in [6.07, 6.45) is 6.66. The molecule has 2 heterocycles. The maximum atomic E-state index is 12.8. The van der Waals surface area contributed by atoms with Crippen LogP contribution in [0.3, 0.4) is 0 Å². The first kappa shape index (κ1) is 24.5. The molecule has 0 spiro atoms. The van der Waals surface area contributed by atoms with Crippen LogP contribution in [0.1, 0.15) is 64.0 Å². The van der Waals surface area contributed by atoms with E-state index < -0.39 is 6.16 Å². The van der Waals surface area contributed by atoms with Gasteiger partial charge in [-0.3, -0.25) is 9.55 Å². The van der Waals surface area contributed by atoms with Crippen molar-refractivity contribution in [3.05, 3.63) is 115 Å². The second-order valence-electron chi connectivity index (χ2n) is 9.17. The summed E-state index contributed by atoms with van der Waals surface area (Å²) in [6.45, 7) is 4.31. The third kappa shape index (κ3) is 5.06.